The van der Waals surface area contributed by atoms with E-state index in [1.165, 1.54) is 30.3 Å². The predicted molar refractivity (Wildman–Crippen MR) is 110 cm³/mol. The van der Waals surface area contributed by atoms with Crippen LogP contribution in [0, 0.1) is 6.92 Å². The van der Waals surface area contributed by atoms with E-state index >= 15 is 0 Å². The lowest BCUT2D eigenvalue weighted by molar-refractivity contribution is 0.104. The van der Waals surface area contributed by atoms with Gasteiger partial charge in [-0.15, -0.1) is 0 Å². The van der Waals surface area contributed by atoms with Crippen molar-refractivity contribution >= 4 is 27.6 Å². The average Bonchev–Trinajstić information content (AvgIpc) is 2.69. The number of phenolic OH excluding ortho intramolecular Hbond substituents is 1. The summed E-state index contributed by atoms with van der Waals surface area (Å²) in [6, 6.07) is 19.7. The first-order chi connectivity index (χ1) is 13.3. The maximum absolute atomic E-state index is 12.4. The van der Waals surface area contributed by atoms with Crippen LogP contribution in [-0.2, 0) is 10.0 Å². The Morgan fingerprint density at radius 2 is 1.64 bits per heavy atom. The van der Waals surface area contributed by atoms with E-state index in [0.29, 0.717) is 11.1 Å². The molecule has 0 aliphatic rings. The van der Waals surface area contributed by atoms with Gasteiger partial charge in [-0.1, -0.05) is 60.2 Å². The monoisotopic (exact) mass is 393 g/mol. The zero-order valence-electron chi connectivity index (χ0n) is 15.2. The highest BCUT2D eigenvalue weighted by Gasteiger charge is 2.16. The number of carbonyl (C=O) groups is 1. The van der Waals surface area contributed by atoms with Crippen LogP contribution in [0.5, 0.6) is 5.75 Å². The molecule has 0 unspecified atom stereocenters. The van der Waals surface area contributed by atoms with E-state index in [1.54, 1.807) is 48.5 Å². The summed E-state index contributed by atoms with van der Waals surface area (Å²) in [4.78, 5) is 12.2. The van der Waals surface area contributed by atoms with Gasteiger partial charge in [0.05, 0.1) is 10.6 Å². The van der Waals surface area contributed by atoms with Crippen LogP contribution in [0.4, 0.5) is 5.69 Å². The molecular weight excluding hydrogens is 374 g/mol. The van der Waals surface area contributed by atoms with Gasteiger partial charge in [-0.25, -0.2) is 8.42 Å². The molecule has 0 saturated heterocycles. The van der Waals surface area contributed by atoms with Gasteiger partial charge in [0, 0.05) is 5.56 Å². The number of anilines is 1. The maximum atomic E-state index is 12.4. The summed E-state index contributed by atoms with van der Waals surface area (Å²) in [6.45, 7) is 1.87. The van der Waals surface area contributed by atoms with Crippen LogP contribution in [0.3, 0.4) is 0 Å². The number of carbonyl (C=O) groups excluding carboxylic acids is 1. The van der Waals surface area contributed by atoms with Gasteiger partial charge in [0.1, 0.15) is 5.75 Å². The first-order valence-corrected chi connectivity index (χ1v) is 10.0. The molecule has 3 rings (SSSR count). The molecule has 0 bridgehead atoms. The molecule has 0 radical (unpaired) electrons. The lowest BCUT2D eigenvalue weighted by Crippen LogP contribution is -2.13. The normalized spacial score (nSPS) is 11.5. The first kappa shape index (κ1) is 19.4. The number of benzene rings is 3. The highest BCUT2D eigenvalue weighted by atomic mass is 32.2. The lowest BCUT2D eigenvalue weighted by atomic mass is 10.1. The topological polar surface area (TPSA) is 83.5 Å². The van der Waals surface area contributed by atoms with Gasteiger partial charge in [-0.05, 0) is 42.8 Å². The van der Waals surface area contributed by atoms with Gasteiger partial charge in [0.15, 0.2) is 5.78 Å². The lowest BCUT2D eigenvalue weighted by Gasteiger charge is -2.10. The Hall–Kier alpha value is -3.38. The van der Waals surface area contributed by atoms with Crippen LogP contribution in [0.1, 0.15) is 21.5 Å². The van der Waals surface area contributed by atoms with Crippen molar-refractivity contribution in [3.05, 3.63) is 95.6 Å². The smallest absolute Gasteiger partial charge is 0.262 e. The number of ketones is 1. The van der Waals surface area contributed by atoms with Crippen molar-refractivity contribution in [3.63, 3.8) is 0 Å². The van der Waals surface area contributed by atoms with E-state index in [9.17, 15) is 18.3 Å². The highest BCUT2D eigenvalue weighted by molar-refractivity contribution is 7.92. The number of hydrogen-bond acceptors (Lipinski definition) is 4. The largest absolute Gasteiger partial charge is 0.506 e. The van der Waals surface area contributed by atoms with Crippen LogP contribution in [0.25, 0.3) is 6.08 Å². The number of aromatic hydroxyl groups is 1. The minimum atomic E-state index is -3.81. The second kappa shape index (κ2) is 8.10. The van der Waals surface area contributed by atoms with Crippen LogP contribution in [0.2, 0.25) is 0 Å². The Bertz CT molecular complexity index is 1120. The van der Waals surface area contributed by atoms with Crippen molar-refractivity contribution in [1.82, 2.24) is 0 Å². The predicted octanol–water partition coefficient (Wildman–Crippen LogP) is 4.40. The number of rotatable bonds is 6. The Balaban J connectivity index is 1.76. The van der Waals surface area contributed by atoms with Gasteiger partial charge >= 0.3 is 0 Å². The van der Waals surface area contributed by atoms with E-state index in [0.717, 1.165) is 5.56 Å². The van der Waals surface area contributed by atoms with Crippen molar-refractivity contribution in [2.24, 2.45) is 0 Å². The fourth-order valence-corrected chi connectivity index (χ4v) is 3.60. The Morgan fingerprint density at radius 1 is 0.964 bits per heavy atom. The summed E-state index contributed by atoms with van der Waals surface area (Å²) >= 11 is 0. The SMILES string of the molecule is Cc1ccc(S(=O)(=O)Nc2ccc(C=CC(=O)c3ccccc3)cc2O)cc1. The molecule has 3 aromatic carbocycles. The van der Waals surface area contributed by atoms with Gasteiger partial charge in [0.25, 0.3) is 10.0 Å². The summed E-state index contributed by atoms with van der Waals surface area (Å²) in [5.41, 5.74) is 2.14. The van der Waals surface area contributed by atoms with Gasteiger partial charge in [-0.3, -0.25) is 9.52 Å². The minimum Gasteiger partial charge on any atom is -0.506 e. The zero-order valence-corrected chi connectivity index (χ0v) is 16.0. The molecule has 28 heavy (non-hydrogen) atoms. The van der Waals surface area contributed by atoms with E-state index in [2.05, 4.69) is 4.72 Å². The zero-order chi connectivity index (χ0) is 20.1. The summed E-state index contributed by atoms with van der Waals surface area (Å²) in [5.74, 6) is -0.394. The molecular formula is C22H19NO4S. The fraction of sp³-hybridized carbons (Fsp3) is 0.0455. The van der Waals surface area contributed by atoms with Gasteiger partial charge < -0.3 is 5.11 Å². The molecule has 0 fully saturated rings. The van der Waals surface area contributed by atoms with Crippen molar-refractivity contribution in [1.29, 1.82) is 0 Å². The van der Waals surface area contributed by atoms with Crippen LogP contribution < -0.4 is 4.72 Å². The third-order valence-corrected chi connectivity index (χ3v) is 5.46. The van der Waals surface area contributed by atoms with E-state index in [1.807, 2.05) is 13.0 Å². The maximum Gasteiger partial charge on any atom is 0.262 e. The number of phenols is 1. The molecule has 0 heterocycles. The molecule has 2 N–H and O–H groups in total. The Morgan fingerprint density at radius 3 is 2.29 bits per heavy atom. The third-order valence-electron chi connectivity index (χ3n) is 4.08. The van der Waals surface area contributed by atoms with E-state index < -0.39 is 10.0 Å². The van der Waals surface area contributed by atoms with Gasteiger partial charge in [0.2, 0.25) is 0 Å². The number of allylic oxidation sites excluding steroid dienone is 1. The van der Waals surface area contributed by atoms with Crippen molar-refractivity contribution < 1.29 is 18.3 Å². The Kier molecular flexibility index (Phi) is 5.61. The first-order valence-electron chi connectivity index (χ1n) is 8.55. The molecule has 0 aromatic heterocycles. The standard InChI is InChI=1S/C22H19NO4S/c1-16-7-11-19(12-8-16)28(26,27)23-20-13-9-17(15-22(20)25)10-14-21(24)18-5-3-2-4-6-18/h2-15,23,25H,1H3. The molecule has 0 saturated carbocycles. The molecule has 0 atom stereocenters. The molecule has 142 valence electrons. The summed E-state index contributed by atoms with van der Waals surface area (Å²) in [7, 11) is -3.81. The second-order valence-corrected chi connectivity index (χ2v) is 7.94. The van der Waals surface area contributed by atoms with Crippen molar-refractivity contribution in [2.45, 2.75) is 11.8 Å². The molecule has 0 spiro atoms. The van der Waals surface area contributed by atoms with Crippen molar-refractivity contribution in [3.8, 4) is 5.75 Å². The highest BCUT2D eigenvalue weighted by Crippen LogP contribution is 2.27. The molecule has 6 heteroatoms. The molecule has 0 amide bonds. The minimum absolute atomic E-state index is 0.0621. The van der Waals surface area contributed by atoms with Crippen LogP contribution in [-0.4, -0.2) is 19.3 Å². The molecule has 3 aromatic rings. The van der Waals surface area contributed by atoms with Gasteiger partial charge in [-0.2, -0.15) is 0 Å². The number of nitrogens with one attached hydrogen (secondary N) is 1. The fourth-order valence-electron chi connectivity index (χ4n) is 2.53. The number of hydrogen-bond donors (Lipinski definition) is 2. The van der Waals surface area contributed by atoms with E-state index in [4.69, 9.17) is 0 Å². The third kappa shape index (κ3) is 4.66. The molecule has 0 aliphatic heterocycles. The second-order valence-electron chi connectivity index (χ2n) is 6.26. The summed E-state index contributed by atoms with van der Waals surface area (Å²) in [5, 5.41) is 10.2. The molecule has 0 aliphatic carbocycles. The molecule has 5 nitrogen and oxygen atoms in total. The Labute approximate surface area is 164 Å². The van der Waals surface area contributed by atoms with Crippen LogP contribution >= 0.6 is 0 Å². The van der Waals surface area contributed by atoms with Crippen LogP contribution in [0.15, 0.2) is 83.8 Å². The van der Waals surface area contributed by atoms with Crippen molar-refractivity contribution in [2.75, 3.05) is 4.72 Å². The average molecular weight is 393 g/mol. The number of aryl methyl sites for hydroxylation is 1. The number of sulfonamides is 1. The summed E-state index contributed by atoms with van der Waals surface area (Å²) in [6.07, 6.45) is 2.97. The quantitative estimate of drug-likeness (QED) is 0.369. The summed E-state index contributed by atoms with van der Waals surface area (Å²) < 4.78 is 27.3. The van der Waals surface area contributed by atoms with E-state index in [-0.39, 0.29) is 22.1 Å².